The molecule has 2 aliphatic rings. The Morgan fingerprint density at radius 1 is 0.647 bits per heavy atom. The average molecular weight is 244 g/mol. The van der Waals surface area contributed by atoms with Crippen molar-refractivity contribution < 1.29 is 19.2 Å². The third-order valence-electron chi connectivity index (χ3n) is 3.41. The molecule has 4 nitrogen and oxygen atoms in total. The van der Waals surface area contributed by atoms with E-state index in [2.05, 4.69) is 0 Å². The molecule has 0 aromatic carbocycles. The summed E-state index contributed by atoms with van der Waals surface area (Å²) < 4.78 is 11.2. The summed E-state index contributed by atoms with van der Waals surface area (Å²) in [5, 5.41) is 0. The van der Waals surface area contributed by atoms with Crippen molar-refractivity contribution in [2.75, 3.05) is 6.79 Å². The molecule has 17 heavy (non-hydrogen) atoms. The molecule has 2 heterocycles. The number of ether oxygens (including phenoxy) is 2. The second-order valence-electron chi connectivity index (χ2n) is 4.90. The first-order valence-electron chi connectivity index (χ1n) is 7.00. The lowest BCUT2D eigenvalue weighted by molar-refractivity contribution is -0.372. The van der Waals surface area contributed by atoms with Gasteiger partial charge in [0.25, 0.3) is 0 Å². The maximum Gasteiger partial charge on any atom is 0.194 e. The Hall–Kier alpha value is -0.160. The van der Waals surface area contributed by atoms with Gasteiger partial charge in [-0.1, -0.05) is 38.5 Å². The van der Waals surface area contributed by atoms with Crippen molar-refractivity contribution in [3.8, 4) is 0 Å². The fourth-order valence-electron chi connectivity index (χ4n) is 2.39. The van der Waals surface area contributed by atoms with Gasteiger partial charge in [-0.3, -0.25) is 0 Å². The van der Waals surface area contributed by atoms with Crippen LogP contribution in [-0.2, 0) is 19.2 Å². The maximum atomic E-state index is 5.76. The largest absolute Gasteiger partial charge is 0.323 e. The molecule has 0 radical (unpaired) electrons. The molecule has 0 aromatic heterocycles. The molecular formula is C13H24O4. The average Bonchev–Trinajstić information content (AvgIpc) is 2.54. The predicted octanol–water partition coefficient (Wildman–Crippen LogP) is 3.51. The van der Waals surface area contributed by atoms with Crippen molar-refractivity contribution in [3.05, 3.63) is 0 Å². The summed E-state index contributed by atoms with van der Waals surface area (Å²) in [4.78, 5) is 10.1. The standard InChI is InChI=1S/C13H24O4/c1-2-4-6-8-10-13-16-12(9-7-5-3-1)14-11-15-17-13/h12-13H,1-11H2/t12-,13-/m0/s1. The van der Waals surface area contributed by atoms with Crippen LogP contribution in [0.2, 0.25) is 0 Å². The molecule has 0 saturated carbocycles. The molecule has 2 fully saturated rings. The fraction of sp³-hybridized carbons (Fsp3) is 1.00. The zero-order chi connectivity index (χ0) is 11.8. The van der Waals surface area contributed by atoms with E-state index in [-0.39, 0.29) is 19.4 Å². The van der Waals surface area contributed by atoms with Crippen LogP contribution in [0.25, 0.3) is 0 Å². The van der Waals surface area contributed by atoms with Gasteiger partial charge in [0.2, 0.25) is 0 Å². The van der Waals surface area contributed by atoms with Gasteiger partial charge in [-0.15, -0.1) is 0 Å². The van der Waals surface area contributed by atoms with E-state index in [0.29, 0.717) is 0 Å². The van der Waals surface area contributed by atoms with Crippen LogP contribution in [0.1, 0.15) is 64.2 Å². The van der Waals surface area contributed by atoms with Crippen LogP contribution in [0, 0.1) is 0 Å². The zero-order valence-corrected chi connectivity index (χ0v) is 10.6. The highest BCUT2D eigenvalue weighted by atomic mass is 17.3. The van der Waals surface area contributed by atoms with E-state index >= 15 is 0 Å². The molecule has 2 saturated heterocycles. The van der Waals surface area contributed by atoms with Crippen LogP contribution in [0.3, 0.4) is 0 Å². The molecule has 0 unspecified atom stereocenters. The molecule has 0 spiro atoms. The molecule has 100 valence electrons. The highest BCUT2D eigenvalue weighted by Crippen LogP contribution is 2.20. The van der Waals surface area contributed by atoms with E-state index in [9.17, 15) is 0 Å². The summed E-state index contributed by atoms with van der Waals surface area (Å²) in [6, 6.07) is 0. The number of rotatable bonds is 0. The van der Waals surface area contributed by atoms with Gasteiger partial charge < -0.3 is 9.47 Å². The van der Waals surface area contributed by atoms with Crippen LogP contribution >= 0.6 is 0 Å². The predicted molar refractivity (Wildman–Crippen MR) is 63.0 cm³/mol. The molecule has 4 heteroatoms. The van der Waals surface area contributed by atoms with Gasteiger partial charge in [0.05, 0.1) is 0 Å². The molecule has 0 aliphatic carbocycles. The molecule has 2 bridgehead atoms. The van der Waals surface area contributed by atoms with Crippen LogP contribution in [0.4, 0.5) is 0 Å². The minimum Gasteiger partial charge on any atom is -0.323 e. The van der Waals surface area contributed by atoms with Crippen molar-refractivity contribution in [1.29, 1.82) is 0 Å². The lowest BCUT2D eigenvalue weighted by Crippen LogP contribution is -2.22. The van der Waals surface area contributed by atoms with Gasteiger partial charge in [-0.25, -0.2) is 9.78 Å². The quantitative estimate of drug-likeness (QED) is 0.611. The maximum absolute atomic E-state index is 5.76. The lowest BCUT2D eigenvalue weighted by atomic mass is 10.1. The number of hydrogen-bond donors (Lipinski definition) is 0. The third-order valence-corrected chi connectivity index (χ3v) is 3.41. The minimum atomic E-state index is -0.247. The Balaban J connectivity index is 1.81. The highest BCUT2D eigenvalue weighted by Gasteiger charge is 2.22. The van der Waals surface area contributed by atoms with Gasteiger partial charge in [0.15, 0.2) is 19.4 Å². The van der Waals surface area contributed by atoms with E-state index in [1.165, 1.54) is 38.5 Å². The van der Waals surface area contributed by atoms with Crippen molar-refractivity contribution >= 4 is 0 Å². The van der Waals surface area contributed by atoms with Crippen LogP contribution in [-0.4, -0.2) is 19.4 Å². The Bertz CT molecular complexity index is 178. The summed E-state index contributed by atoms with van der Waals surface area (Å²) in [5.74, 6) is 0. The molecule has 2 rings (SSSR count). The first-order chi connectivity index (χ1) is 8.45. The van der Waals surface area contributed by atoms with Crippen molar-refractivity contribution in [2.45, 2.75) is 76.8 Å². The Kier molecular flexibility index (Phi) is 6.27. The van der Waals surface area contributed by atoms with E-state index in [4.69, 9.17) is 19.2 Å². The zero-order valence-electron chi connectivity index (χ0n) is 10.6. The summed E-state index contributed by atoms with van der Waals surface area (Å²) in [7, 11) is 0. The van der Waals surface area contributed by atoms with Crippen molar-refractivity contribution in [2.24, 2.45) is 0 Å². The Morgan fingerprint density at radius 2 is 1.24 bits per heavy atom. The smallest absolute Gasteiger partial charge is 0.194 e. The second kappa shape index (κ2) is 8.03. The molecular weight excluding hydrogens is 220 g/mol. The third kappa shape index (κ3) is 5.34. The van der Waals surface area contributed by atoms with E-state index < -0.39 is 0 Å². The molecule has 2 aliphatic heterocycles. The van der Waals surface area contributed by atoms with Crippen LogP contribution in [0.15, 0.2) is 0 Å². The van der Waals surface area contributed by atoms with E-state index in [0.717, 1.165) is 25.7 Å². The SMILES string of the molecule is C1CCCCC[C@H]2OCOO[C@@H](CCCC1)O2. The molecule has 2 atom stereocenters. The summed E-state index contributed by atoms with van der Waals surface area (Å²) in [6.45, 7) is 0.182. The monoisotopic (exact) mass is 244 g/mol. The first kappa shape index (κ1) is 13.3. The van der Waals surface area contributed by atoms with Gasteiger partial charge in [-0.05, 0) is 19.3 Å². The fourth-order valence-corrected chi connectivity index (χ4v) is 2.39. The van der Waals surface area contributed by atoms with Crippen molar-refractivity contribution in [1.82, 2.24) is 0 Å². The van der Waals surface area contributed by atoms with Crippen LogP contribution in [0.5, 0.6) is 0 Å². The normalized spacial score (nSPS) is 33.9. The molecule has 0 amide bonds. The Morgan fingerprint density at radius 3 is 1.94 bits per heavy atom. The summed E-state index contributed by atoms with van der Waals surface area (Å²) >= 11 is 0. The minimum absolute atomic E-state index is 0.150. The first-order valence-corrected chi connectivity index (χ1v) is 7.00. The molecule has 0 N–H and O–H groups in total. The lowest BCUT2D eigenvalue weighted by Gasteiger charge is -2.18. The number of fused-ring (bicyclic) bond motifs is 2. The van der Waals surface area contributed by atoms with Gasteiger partial charge in [0, 0.05) is 6.42 Å². The summed E-state index contributed by atoms with van der Waals surface area (Å²) in [6.07, 6.45) is 11.7. The van der Waals surface area contributed by atoms with Gasteiger partial charge >= 0.3 is 0 Å². The van der Waals surface area contributed by atoms with Gasteiger partial charge in [0.1, 0.15) is 0 Å². The van der Waals surface area contributed by atoms with E-state index in [1.807, 2.05) is 0 Å². The van der Waals surface area contributed by atoms with E-state index in [1.54, 1.807) is 0 Å². The van der Waals surface area contributed by atoms with Crippen LogP contribution < -0.4 is 0 Å². The summed E-state index contributed by atoms with van der Waals surface area (Å²) in [5.41, 5.74) is 0. The second-order valence-corrected chi connectivity index (χ2v) is 4.90. The number of hydrogen-bond acceptors (Lipinski definition) is 4. The van der Waals surface area contributed by atoms with Crippen molar-refractivity contribution in [3.63, 3.8) is 0 Å². The Labute approximate surface area is 103 Å². The molecule has 0 aromatic rings. The topological polar surface area (TPSA) is 36.9 Å². The highest BCUT2D eigenvalue weighted by molar-refractivity contribution is 4.55. The van der Waals surface area contributed by atoms with Gasteiger partial charge in [-0.2, -0.15) is 0 Å².